The summed E-state index contributed by atoms with van der Waals surface area (Å²) in [6.45, 7) is 6.52. The van der Waals surface area contributed by atoms with Crippen LogP contribution in [0.25, 0.3) is 0 Å². The Bertz CT molecular complexity index is 400. The maximum Gasteiger partial charge on any atom is 0.142 e. The van der Waals surface area contributed by atoms with Gasteiger partial charge in [0.05, 0.1) is 6.61 Å². The summed E-state index contributed by atoms with van der Waals surface area (Å²) in [6, 6.07) is 4.11. The molecule has 0 atom stereocenters. The van der Waals surface area contributed by atoms with Gasteiger partial charge in [-0.25, -0.2) is 0 Å². The molecule has 0 saturated heterocycles. The molecule has 0 aliphatic heterocycles. The van der Waals surface area contributed by atoms with Crippen molar-refractivity contribution >= 4 is 5.84 Å². The molecule has 0 bridgehead atoms. The Morgan fingerprint density at radius 2 is 2.06 bits per heavy atom. The first-order valence-electron chi connectivity index (χ1n) is 5.21. The highest BCUT2D eigenvalue weighted by molar-refractivity contribution is 5.79. The molecule has 0 saturated carbocycles. The molecule has 88 valence electrons. The predicted octanol–water partition coefficient (Wildman–Crippen LogP) is 2.13. The zero-order chi connectivity index (χ0) is 12.1. The van der Waals surface area contributed by atoms with Crippen LogP contribution in [-0.4, -0.2) is 17.6 Å². The van der Waals surface area contributed by atoms with Crippen molar-refractivity contribution in [1.82, 2.24) is 0 Å². The summed E-state index contributed by atoms with van der Waals surface area (Å²) in [6.07, 6.45) is 0.420. The van der Waals surface area contributed by atoms with Gasteiger partial charge in [0.1, 0.15) is 11.6 Å². The van der Waals surface area contributed by atoms with Gasteiger partial charge in [0.2, 0.25) is 0 Å². The lowest BCUT2D eigenvalue weighted by atomic mass is 10.1. The van der Waals surface area contributed by atoms with Crippen LogP contribution in [0, 0.1) is 20.8 Å². The molecule has 16 heavy (non-hydrogen) atoms. The molecule has 0 amide bonds. The third-order valence-electron chi connectivity index (χ3n) is 2.51. The number of benzene rings is 1. The Balaban J connectivity index is 2.67. The highest BCUT2D eigenvalue weighted by atomic mass is 16.5. The Morgan fingerprint density at radius 1 is 1.38 bits per heavy atom. The van der Waals surface area contributed by atoms with Gasteiger partial charge in [-0.2, -0.15) is 0 Å². The predicted molar refractivity (Wildman–Crippen MR) is 64.2 cm³/mol. The molecule has 4 nitrogen and oxygen atoms in total. The van der Waals surface area contributed by atoms with E-state index in [1.54, 1.807) is 0 Å². The number of rotatable bonds is 4. The van der Waals surface area contributed by atoms with Crippen molar-refractivity contribution in [3.63, 3.8) is 0 Å². The maximum atomic E-state index is 8.38. The SMILES string of the molecule is Cc1cc(C)c(C)c(OCC/C(N)=N/O)c1. The standard InChI is InChI=1S/C12H18N2O2/c1-8-6-9(2)10(3)11(7-8)16-5-4-12(13)14-15/h6-7,15H,4-5H2,1-3H3,(H2,13,14). The van der Waals surface area contributed by atoms with E-state index in [0.29, 0.717) is 13.0 Å². The molecule has 1 aromatic carbocycles. The summed E-state index contributed by atoms with van der Waals surface area (Å²) in [4.78, 5) is 0. The average Bonchev–Trinajstić information content (AvgIpc) is 2.24. The van der Waals surface area contributed by atoms with Crippen molar-refractivity contribution in [1.29, 1.82) is 0 Å². The van der Waals surface area contributed by atoms with E-state index in [1.807, 2.05) is 19.9 Å². The van der Waals surface area contributed by atoms with Gasteiger partial charge in [-0.3, -0.25) is 0 Å². The highest BCUT2D eigenvalue weighted by Gasteiger charge is 2.04. The second-order valence-electron chi connectivity index (χ2n) is 3.89. The first-order valence-corrected chi connectivity index (χ1v) is 5.21. The third kappa shape index (κ3) is 3.15. The van der Waals surface area contributed by atoms with Crippen LogP contribution < -0.4 is 10.5 Å². The second-order valence-corrected chi connectivity index (χ2v) is 3.89. The zero-order valence-corrected chi connectivity index (χ0v) is 9.95. The Kier molecular flexibility index (Phi) is 4.17. The number of hydrogen-bond donors (Lipinski definition) is 2. The van der Waals surface area contributed by atoms with Crippen LogP contribution in [0.5, 0.6) is 5.75 Å². The van der Waals surface area contributed by atoms with Crippen LogP contribution in [-0.2, 0) is 0 Å². The van der Waals surface area contributed by atoms with Crippen molar-refractivity contribution in [3.8, 4) is 5.75 Å². The van der Waals surface area contributed by atoms with E-state index >= 15 is 0 Å². The van der Waals surface area contributed by atoms with Crippen LogP contribution in [0.4, 0.5) is 0 Å². The molecular weight excluding hydrogens is 204 g/mol. The van der Waals surface area contributed by atoms with E-state index in [4.69, 9.17) is 15.7 Å². The number of amidine groups is 1. The van der Waals surface area contributed by atoms with Crippen LogP contribution >= 0.6 is 0 Å². The molecule has 0 aromatic heterocycles. The second kappa shape index (κ2) is 5.39. The first-order chi connectivity index (χ1) is 7.54. The molecule has 3 N–H and O–H groups in total. The van der Waals surface area contributed by atoms with Gasteiger partial charge in [0.15, 0.2) is 0 Å². The minimum Gasteiger partial charge on any atom is -0.493 e. The zero-order valence-electron chi connectivity index (χ0n) is 9.95. The van der Waals surface area contributed by atoms with Gasteiger partial charge in [0.25, 0.3) is 0 Å². The monoisotopic (exact) mass is 222 g/mol. The summed E-state index contributed by atoms with van der Waals surface area (Å²) in [7, 11) is 0. The number of hydrogen-bond acceptors (Lipinski definition) is 3. The summed E-state index contributed by atoms with van der Waals surface area (Å²) < 4.78 is 5.60. The largest absolute Gasteiger partial charge is 0.493 e. The lowest BCUT2D eigenvalue weighted by Gasteiger charge is -2.11. The van der Waals surface area contributed by atoms with Gasteiger partial charge in [-0.15, -0.1) is 0 Å². The van der Waals surface area contributed by atoms with Crippen molar-refractivity contribution in [2.45, 2.75) is 27.2 Å². The van der Waals surface area contributed by atoms with Crippen molar-refractivity contribution in [2.24, 2.45) is 10.9 Å². The van der Waals surface area contributed by atoms with Gasteiger partial charge < -0.3 is 15.7 Å². The van der Waals surface area contributed by atoms with Gasteiger partial charge in [0, 0.05) is 6.42 Å². The molecule has 0 heterocycles. The maximum absolute atomic E-state index is 8.38. The smallest absolute Gasteiger partial charge is 0.142 e. The van der Waals surface area contributed by atoms with E-state index in [1.165, 1.54) is 11.1 Å². The fourth-order valence-electron chi connectivity index (χ4n) is 1.47. The quantitative estimate of drug-likeness (QED) is 0.355. The van der Waals surface area contributed by atoms with Crippen molar-refractivity contribution in [2.75, 3.05) is 6.61 Å². The molecule has 0 spiro atoms. The minimum absolute atomic E-state index is 0.182. The summed E-state index contributed by atoms with van der Waals surface area (Å²) in [5.41, 5.74) is 8.86. The van der Waals surface area contributed by atoms with E-state index in [2.05, 4.69) is 18.1 Å². The average molecular weight is 222 g/mol. The summed E-state index contributed by atoms with van der Waals surface area (Å²) in [5, 5.41) is 11.3. The summed E-state index contributed by atoms with van der Waals surface area (Å²) in [5.74, 6) is 1.05. The van der Waals surface area contributed by atoms with Crippen LogP contribution in [0.3, 0.4) is 0 Å². The molecule has 0 radical (unpaired) electrons. The Morgan fingerprint density at radius 3 is 2.69 bits per heavy atom. The molecule has 4 heteroatoms. The van der Waals surface area contributed by atoms with E-state index < -0.39 is 0 Å². The lowest BCUT2D eigenvalue weighted by Crippen LogP contribution is -2.15. The van der Waals surface area contributed by atoms with Gasteiger partial charge in [-0.05, 0) is 43.5 Å². The highest BCUT2D eigenvalue weighted by Crippen LogP contribution is 2.23. The Hall–Kier alpha value is -1.71. The van der Waals surface area contributed by atoms with Crippen LogP contribution in [0.15, 0.2) is 17.3 Å². The van der Waals surface area contributed by atoms with Gasteiger partial charge >= 0.3 is 0 Å². The topological polar surface area (TPSA) is 67.8 Å². The van der Waals surface area contributed by atoms with E-state index in [9.17, 15) is 0 Å². The van der Waals surface area contributed by atoms with Crippen molar-refractivity contribution < 1.29 is 9.94 Å². The number of ether oxygens (including phenoxy) is 1. The number of oxime groups is 1. The molecule has 0 unspecified atom stereocenters. The third-order valence-corrected chi connectivity index (χ3v) is 2.51. The molecule has 0 fully saturated rings. The Labute approximate surface area is 95.7 Å². The van der Waals surface area contributed by atoms with E-state index in [0.717, 1.165) is 11.3 Å². The number of nitrogens with two attached hydrogens (primary N) is 1. The normalized spacial score (nSPS) is 11.6. The van der Waals surface area contributed by atoms with Crippen LogP contribution in [0.2, 0.25) is 0 Å². The van der Waals surface area contributed by atoms with Crippen molar-refractivity contribution in [3.05, 3.63) is 28.8 Å². The number of aryl methyl sites for hydroxylation is 2. The molecule has 0 aliphatic rings. The molecule has 1 rings (SSSR count). The molecule has 0 aliphatic carbocycles. The van der Waals surface area contributed by atoms with Crippen LogP contribution in [0.1, 0.15) is 23.1 Å². The number of nitrogens with zero attached hydrogens (tertiary/aromatic N) is 1. The van der Waals surface area contributed by atoms with Gasteiger partial charge in [-0.1, -0.05) is 11.2 Å². The molecular formula is C12H18N2O2. The fraction of sp³-hybridized carbons (Fsp3) is 0.417. The summed E-state index contributed by atoms with van der Waals surface area (Å²) >= 11 is 0. The first kappa shape index (κ1) is 12.4. The van der Waals surface area contributed by atoms with E-state index in [-0.39, 0.29) is 5.84 Å². The lowest BCUT2D eigenvalue weighted by molar-refractivity contribution is 0.305. The molecule has 1 aromatic rings. The fourth-order valence-corrected chi connectivity index (χ4v) is 1.47. The minimum atomic E-state index is 0.182.